The van der Waals surface area contributed by atoms with Gasteiger partial charge in [-0.15, -0.1) is 0 Å². The van der Waals surface area contributed by atoms with E-state index in [2.05, 4.69) is 22.8 Å². The molecule has 2 aromatic carbocycles. The lowest BCUT2D eigenvalue weighted by Gasteiger charge is -2.42. The Labute approximate surface area is 148 Å². The Morgan fingerprint density at radius 2 is 1.68 bits per heavy atom. The van der Waals surface area contributed by atoms with Gasteiger partial charge in [-0.1, -0.05) is 42.5 Å². The molecule has 1 fully saturated rings. The minimum atomic E-state index is -0.224. The highest BCUT2D eigenvalue weighted by Gasteiger charge is 2.39. The molecule has 0 spiro atoms. The molecule has 3 rings (SSSR count). The molecule has 0 aromatic heterocycles. The lowest BCUT2D eigenvalue weighted by molar-refractivity contribution is -0.119. The zero-order valence-electron chi connectivity index (χ0n) is 14.3. The third-order valence-electron chi connectivity index (χ3n) is 4.55. The van der Waals surface area contributed by atoms with Crippen molar-refractivity contribution in [2.24, 2.45) is 0 Å². The second kappa shape index (κ2) is 7.34. The van der Waals surface area contributed by atoms with Crippen LogP contribution in [0.2, 0.25) is 0 Å². The Bertz CT molecular complexity index is 775. The topological polar surface area (TPSA) is 58.2 Å². The second-order valence-electron chi connectivity index (χ2n) is 6.43. The van der Waals surface area contributed by atoms with Crippen molar-refractivity contribution >= 4 is 23.6 Å². The fraction of sp³-hybridized carbons (Fsp3) is 0.238. The van der Waals surface area contributed by atoms with Crippen molar-refractivity contribution in [3.8, 4) is 0 Å². The first-order chi connectivity index (χ1) is 12.1. The summed E-state index contributed by atoms with van der Waals surface area (Å²) in [6.45, 7) is 1.47. The quantitative estimate of drug-likeness (QED) is 0.816. The van der Waals surface area contributed by atoms with E-state index in [0.29, 0.717) is 0 Å². The smallest absolute Gasteiger partial charge is 0.244 e. The molecule has 128 valence electrons. The third-order valence-corrected chi connectivity index (χ3v) is 4.55. The van der Waals surface area contributed by atoms with Crippen molar-refractivity contribution in [1.29, 1.82) is 0 Å². The maximum Gasteiger partial charge on any atom is 0.244 e. The van der Waals surface area contributed by atoms with Gasteiger partial charge >= 0.3 is 0 Å². The van der Waals surface area contributed by atoms with Gasteiger partial charge in [-0.3, -0.25) is 9.59 Å². The first-order valence-corrected chi connectivity index (χ1v) is 8.51. The molecule has 1 aliphatic carbocycles. The van der Waals surface area contributed by atoms with Crippen molar-refractivity contribution in [2.45, 2.75) is 31.7 Å². The van der Waals surface area contributed by atoms with E-state index in [4.69, 9.17) is 0 Å². The first kappa shape index (κ1) is 17.0. The monoisotopic (exact) mass is 334 g/mol. The number of hydrogen-bond acceptors (Lipinski definition) is 2. The van der Waals surface area contributed by atoms with Crippen LogP contribution in [0.4, 0.5) is 5.69 Å². The second-order valence-corrected chi connectivity index (χ2v) is 6.43. The molecule has 2 amide bonds. The Kier molecular flexibility index (Phi) is 4.98. The van der Waals surface area contributed by atoms with Crippen molar-refractivity contribution < 1.29 is 9.59 Å². The zero-order chi connectivity index (χ0) is 17.7. The van der Waals surface area contributed by atoms with Gasteiger partial charge in [-0.25, -0.2) is 0 Å². The van der Waals surface area contributed by atoms with Crippen LogP contribution < -0.4 is 10.6 Å². The van der Waals surface area contributed by atoms with Gasteiger partial charge in [0, 0.05) is 18.7 Å². The van der Waals surface area contributed by atoms with Gasteiger partial charge in [-0.05, 0) is 48.6 Å². The molecule has 0 saturated heterocycles. The standard InChI is InChI=1S/C21H22N2O2/c1-16(24)22-19-11-8-17(9-12-19)10-13-20(25)23-21(14-5-15-21)18-6-3-2-4-7-18/h2-4,6-13H,5,14-15H2,1H3,(H,22,24)(H,23,25)/b13-10+. The summed E-state index contributed by atoms with van der Waals surface area (Å²) in [5.41, 5.74) is 2.60. The van der Waals surface area contributed by atoms with Gasteiger partial charge in [-0.2, -0.15) is 0 Å². The number of amides is 2. The summed E-state index contributed by atoms with van der Waals surface area (Å²) in [4.78, 5) is 23.4. The molecule has 0 unspecified atom stereocenters. The fourth-order valence-electron chi connectivity index (χ4n) is 3.10. The van der Waals surface area contributed by atoms with Crippen LogP contribution in [0.1, 0.15) is 37.3 Å². The number of carbonyl (C=O) groups is 2. The van der Waals surface area contributed by atoms with Crippen molar-refractivity contribution in [2.75, 3.05) is 5.32 Å². The van der Waals surface area contributed by atoms with E-state index in [9.17, 15) is 9.59 Å². The lowest BCUT2D eigenvalue weighted by atomic mass is 9.72. The maximum absolute atomic E-state index is 12.4. The summed E-state index contributed by atoms with van der Waals surface area (Å²) >= 11 is 0. The number of nitrogens with one attached hydrogen (secondary N) is 2. The van der Waals surface area contributed by atoms with Crippen LogP contribution in [0.25, 0.3) is 6.08 Å². The van der Waals surface area contributed by atoms with E-state index >= 15 is 0 Å². The summed E-state index contributed by atoms with van der Waals surface area (Å²) in [5.74, 6) is -0.191. The Morgan fingerprint density at radius 3 is 2.24 bits per heavy atom. The Balaban J connectivity index is 1.64. The summed E-state index contributed by atoms with van der Waals surface area (Å²) in [7, 11) is 0. The van der Waals surface area contributed by atoms with Gasteiger partial charge < -0.3 is 10.6 Å². The van der Waals surface area contributed by atoms with E-state index in [-0.39, 0.29) is 17.4 Å². The van der Waals surface area contributed by atoms with E-state index < -0.39 is 0 Å². The van der Waals surface area contributed by atoms with E-state index in [1.165, 1.54) is 12.5 Å². The molecule has 2 aromatic rings. The van der Waals surface area contributed by atoms with Crippen LogP contribution in [-0.2, 0) is 15.1 Å². The van der Waals surface area contributed by atoms with E-state index in [0.717, 1.165) is 30.5 Å². The molecule has 2 N–H and O–H groups in total. The van der Waals surface area contributed by atoms with Gasteiger partial charge in [0.1, 0.15) is 0 Å². The van der Waals surface area contributed by atoms with Crippen molar-refractivity contribution in [1.82, 2.24) is 5.32 Å². The number of benzene rings is 2. The highest BCUT2D eigenvalue weighted by atomic mass is 16.2. The minimum Gasteiger partial charge on any atom is -0.343 e. The van der Waals surface area contributed by atoms with E-state index in [1.807, 2.05) is 42.5 Å². The molecule has 1 aliphatic rings. The predicted molar refractivity (Wildman–Crippen MR) is 99.9 cm³/mol. The molecule has 25 heavy (non-hydrogen) atoms. The van der Waals surface area contributed by atoms with Gasteiger partial charge in [0.2, 0.25) is 11.8 Å². The third kappa shape index (κ3) is 4.15. The summed E-state index contributed by atoms with van der Waals surface area (Å²) in [6.07, 6.45) is 6.42. The number of hydrogen-bond donors (Lipinski definition) is 2. The molecule has 0 radical (unpaired) electrons. The molecular weight excluding hydrogens is 312 g/mol. The summed E-state index contributed by atoms with van der Waals surface area (Å²) < 4.78 is 0. The van der Waals surface area contributed by atoms with Crippen LogP contribution in [0.3, 0.4) is 0 Å². The fourth-order valence-corrected chi connectivity index (χ4v) is 3.10. The molecular formula is C21H22N2O2. The van der Waals surface area contributed by atoms with Crippen LogP contribution in [0.5, 0.6) is 0 Å². The minimum absolute atomic E-state index is 0.0884. The molecule has 0 bridgehead atoms. The van der Waals surface area contributed by atoms with Crippen molar-refractivity contribution in [3.05, 3.63) is 71.8 Å². The average molecular weight is 334 g/mol. The highest BCUT2D eigenvalue weighted by Crippen LogP contribution is 2.41. The summed E-state index contributed by atoms with van der Waals surface area (Å²) in [5, 5.41) is 5.89. The van der Waals surface area contributed by atoms with Gasteiger partial charge in [0.25, 0.3) is 0 Å². The highest BCUT2D eigenvalue weighted by molar-refractivity contribution is 5.92. The predicted octanol–water partition coefficient (Wildman–Crippen LogP) is 3.85. The van der Waals surface area contributed by atoms with Crippen LogP contribution in [0, 0.1) is 0 Å². The lowest BCUT2D eigenvalue weighted by Crippen LogP contribution is -2.50. The maximum atomic E-state index is 12.4. The molecule has 0 heterocycles. The first-order valence-electron chi connectivity index (χ1n) is 8.51. The van der Waals surface area contributed by atoms with Crippen LogP contribution in [0.15, 0.2) is 60.7 Å². The molecule has 0 aliphatic heterocycles. The summed E-state index contributed by atoms with van der Waals surface area (Å²) in [6, 6.07) is 17.5. The Morgan fingerprint density at radius 1 is 1.00 bits per heavy atom. The number of rotatable bonds is 5. The Hall–Kier alpha value is -2.88. The van der Waals surface area contributed by atoms with Crippen molar-refractivity contribution in [3.63, 3.8) is 0 Å². The zero-order valence-corrected chi connectivity index (χ0v) is 14.3. The average Bonchev–Trinajstić information content (AvgIpc) is 2.58. The van der Waals surface area contributed by atoms with E-state index in [1.54, 1.807) is 12.2 Å². The largest absolute Gasteiger partial charge is 0.343 e. The normalized spacial score (nSPS) is 15.4. The van der Waals surface area contributed by atoms with Crippen LogP contribution >= 0.6 is 0 Å². The molecule has 0 atom stereocenters. The number of anilines is 1. The SMILES string of the molecule is CC(=O)Nc1ccc(/C=C/C(=O)NC2(c3ccccc3)CCC2)cc1. The molecule has 1 saturated carbocycles. The number of carbonyl (C=O) groups excluding carboxylic acids is 2. The molecule has 4 heteroatoms. The molecule has 4 nitrogen and oxygen atoms in total. The van der Waals surface area contributed by atoms with Crippen LogP contribution in [-0.4, -0.2) is 11.8 Å². The van der Waals surface area contributed by atoms with Gasteiger partial charge in [0.15, 0.2) is 0 Å². The van der Waals surface area contributed by atoms with Gasteiger partial charge in [0.05, 0.1) is 5.54 Å².